The maximum Gasteiger partial charge on any atom is 0.123 e. The van der Waals surface area contributed by atoms with Crippen molar-refractivity contribution in [2.75, 3.05) is 19.8 Å². The number of rotatable bonds is 8. The first-order chi connectivity index (χ1) is 8.61. The molecule has 0 saturated carbocycles. The third kappa shape index (κ3) is 5.89. The number of ether oxygens (including phenoxy) is 2. The molecule has 1 unspecified atom stereocenters. The van der Waals surface area contributed by atoms with E-state index >= 15 is 0 Å². The molecule has 4 heteroatoms. The smallest absolute Gasteiger partial charge is 0.123 e. The fourth-order valence-corrected chi connectivity index (χ4v) is 1.44. The molecule has 0 aliphatic rings. The molecule has 18 heavy (non-hydrogen) atoms. The molecule has 1 aromatic rings. The zero-order valence-corrected chi connectivity index (χ0v) is 11.3. The molecule has 0 amide bonds. The van der Waals surface area contributed by atoms with Crippen LogP contribution in [0.25, 0.3) is 0 Å². The van der Waals surface area contributed by atoms with E-state index in [0.29, 0.717) is 24.9 Å². The van der Waals surface area contributed by atoms with Gasteiger partial charge in [-0.25, -0.2) is 0 Å². The molecule has 0 bridgehead atoms. The molecular weight excluding hydrogens is 230 g/mol. The van der Waals surface area contributed by atoms with Crippen molar-refractivity contribution < 1.29 is 14.6 Å². The summed E-state index contributed by atoms with van der Waals surface area (Å²) in [6.45, 7) is 7.45. The van der Waals surface area contributed by atoms with Gasteiger partial charge in [0, 0.05) is 18.7 Å². The average Bonchev–Trinajstić information content (AvgIpc) is 2.35. The minimum Gasteiger partial charge on any atom is -0.494 e. The Kier molecular flexibility index (Phi) is 6.54. The van der Waals surface area contributed by atoms with Gasteiger partial charge in [-0.1, -0.05) is 19.9 Å². The molecule has 102 valence electrons. The highest BCUT2D eigenvalue weighted by Gasteiger charge is 2.06. The normalized spacial score (nSPS) is 12.5. The van der Waals surface area contributed by atoms with Gasteiger partial charge in [-0.2, -0.15) is 0 Å². The highest BCUT2D eigenvalue weighted by atomic mass is 16.5. The molecule has 2 N–H and O–H groups in total. The summed E-state index contributed by atoms with van der Waals surface area (Å²) < 4.78 is 10.9. The second-order valence-corrected chi connectivity index (χ2v) is 4.44. The minimum atomic E-state index is -0.511. The van der Waals surface area contributed by atoms with Crippen molar-refractivity contribution in [1.82, 2.24) is 5.32 Å². The number of aliphatic hydroxyl groups excluding tert-OH is 1. The van der Waals surface area contributed by atoms with Gasteiger partial charge in [-0.3, -0.25) is 0 Å². The van der Waals surface area contributed by atoms with E-state index in [9.17, 15) is 5.11 Å². The van der Waals surface area contributed by atoms with Crippen LogP contribution in [-0.4, -0.2) is 37.0 Å². The van der Waals surface area contributed by atoms with Crippen molar-refractivity contribution >= 4 is 0 Å². The SMILES string of the molecule is CCOc1cccc(OCC(O)CNC(C)C)c1. The summed E-state index contributed by atoms with van der Waals surface area (Å²) in [7, 11) is 0. The molecule has 1 atom stereocenters. The van der Waals surface area contributed by atoms with Gasteiger partial charge in [0.15, 0.2) is 0 Å². The standard InChI is InChI=1S/C14H23NO3/c1-4-17-13-6-5-7-14(8-13)18-10-12(16)9-15-11(2)3/h5-8,11-12,15-16H,4,9-10H2,1-3H3. The molecule has 4 nitrogen and oxygen atoms in total. The van der Waals surface area contributed by atoms with Gasteiger partial charge >= 0.3 is 0 Å². The van der Waals surface area contributed by atoms with Crippen LogP contribution in [0.3, 0.4) is 0 Å². The first-order valence-electron chi connectivity index (χ1n) is 6.39. The molecule has 0 aromatic heterocycles. The Labute approximate surface area is 109 Å². The Morgan fingerprint density at radius 2 is 1.89 bits per heavy atom. The van der Waals surface area contributed by atoms with Gasteiger partial charge in [0.25, 0.3) is 0 Å². The Morgan fingerprint density at radius 3 is 2.50 bits per heavy atom. The first kappa shape index (κ1) is 14.8. The van der Waals surface area contributed by atoms with Gasteiger partial charge in [-0.15, -0.1) is 0 Å². The quantitative estimate of drug-likeness (QED) is 0.742. The molecule has 0 aliphatic carbocycles. The number of aliphatic hydroxyl groups is 1. The van der Waals surface area contributed by atoms with E-state index in [1.54, 1.807) is 0 Å². The number of hydrogen-bond acceptors (Lipinski definition) is 4. The van der Waals surface area contributed by atoms with Crippen LogP contribution >= 0.6 is 0 Å². The van der Waals surface area contributed by atoms with E-state index in [-0.39, 0.29) is 6.61 Å². The number of hydrogen-bond donors (Lipinski definition) is 2. The van der Waals surface area contributed by atoms with Crippen molar-refractivity contribution in [2.24, 2.45) is 0 Å². The van der Waals surface area contributed by atoms with Crippen LogP contribution in [0.5, 0.6) is 11.5 Å². The summed E-state index contributed by atoms with van der Waals surface area (Å²) in [5, 5.41) is 12.9. The van der Waals surface area contributed by atoms with Crippen LogP contribution in [0, 0.1) is 0 Å². The highest BCUT2D eigenvalue weighted by molar-refractivity contribution is 5.32. The molecule has 0 fully saturated rings. The van der Waals surface area contributed by atoms with E-state index in [0.717, 1.165) is 5.75 Å². The van der Waals surface area contributed by atoms with Crippen LogP contribution in [0.1, 0.15) is 20.8 Å². The lowest BCUT2D eigenvalue weighted by Crippen LogP contribution is -2.35. The zero-order chi connectivity index (χ0) is 13.4. The van der Waals surface area contributed by atoms with Crippen molar-refractivity contribution in [1.29, 1.82) is 0 Å². The topological polar surface area (TPSA) is 50.7 Å². The maximum atomic E-state index is 9.71. The lowest BCUT2D eigenvalue weighted by molar-refractivity contribution is 0.104. The third-order valence-electron chi connectivity index (χ3n) is 2.32. The predicted molar refractivity (Wildman–Crippen MR) is 72.3 cm³/mol. The molecular formula is C14H23NO3. The van der Waals surface area contributed by atoms with Crippen LogP contribution in [0.4, 0.5) is 0 Å². The van der Waals surface area contributed by atoms with Crippen LogP contribution in [-0.2, 0) is 0 Å². The average molecular weight is 253 g/mol. The molecule has 0 radical (unpaired) electrons. The van der Waals surface area contributed by atoms with Crippen molar-refractivity contribution in [3.63, 3.8) is 0 Å². The summed E-state index contributed by atoms with van der Waals surface area (Å²) in [5.74, 6) is 1.49. The minimum absolute atomic E-state index is 0.273. The summed E-state index contributed by atoms with van der Waals surface area (Å²) in [6, 6.07) is 7.80. The van der Waals surface area contributed by atoms with Gasteiger partial charge in [-0.05, 0) is 19.1 Å². The van der Waals surface area contributed by atoms with E-state index in [4.69, 9.17) is 9.47 Å². The Morgan fingerprint density at radius 1 is 1.22 bits per heavy atom. The first-order valence-corrected chi connectivity index (χ1v) is 6.39. The third-order valence-corrected chi connectivity index (χ3v) is 2.32. The second-order valence-electron chi connectivity index (χ2n) is 4.44. The summed E-state index contributed by atoms with van der Waals surface area (Å²) >= 11 is 0. The number of nitrogens with one attached hydrogen (secondary N) is 1. The van der Waals surface area contributed by atoms with E-state index < -0.39 is 6.10 Å². The lowest BCUT2D eigenvalue weighted by atomic mass is 10.3. The summed E-state index contributed by atoms with van der Waals surface area (Å²) in [4.78, 5) is 0. The van der Waals surface area contributed by atoms with Crippen molar-refractivity contribution in [3.8, 4) is 11.5 Å². The van der Waals surface area contributed by atoms with E-state index in [1.165, 1.54) is 0 Å². The maximum absolute atomic E-state index is 9.71. The Hall–Kier alpha value is -1.26. The van der Waals surface area contributed by atoms with Gasteiger partial charge in [0.1, 0.15) is 24.2 Å². The van der Waals surface area contributed by atoms with Crippen LogP contribution < -0.4 is 14.8 Å². The van der Waals surface area contributed by atoms with Crippen molar-refractivity contribution in [2.45, 2.75) is 32.9 Å². The highest BCUT2D eigenvalue weighted by Crippen LogP contribution is 2.19. The van der Waals surface area contributed by atoms with Crippen LogP contribution in [0.2, 0.25) is 0 Å². The summed E-state index contributed by atoms with van der Waals surface area (Å²) in [5.41, 5.74) is 0. The van der Waals surface area contributed by atoms with Crippen molar-refractivity contribution in [3.05, 3.63) is 24.3 Å². The molecule has 0 heterocycles. The van der Waals surface area contributed by atoms with E-state index in [2.05, 4.69) is 5.32 Å². The fraction of sp³-hybridized carbons (Fsp3) is 0.571. The van der Waals surface area contributed by atoms with Gasteiger partial charge in [0.05, 0.1) is 6.61 Å². The molecule has 0 spiro atoms. The zero-order valence-electron chi connectivity index (χ0n) is 11.3. The van der Waals surface area contributed by atoms with Gasteiger partial charge in [0.2, 0.25) is 0 Å². The largest absolute Gasteiger partial charge is 0.494 e. The van der Waals surface area contributed by atoms with Gasteiger partial charge < -0.3 is 19.9 Å². The molecule has 1 aromatic carbocycles. The number of benzene rings is 1. The second kappa shape index (κ2) is 7.95. The fourth-order valence-electron chi connectivity index (χ4n) is 1.44. The molecule has 0 saturated heterocycles. The molecule has 0 aliphatic heterocycles. The predicted octanol–water partition coefficient (Wildman–Crippen LogP) is 1.82. The van der Waals surface area contributed by atoms with Crippen LogP contribution in [0.15, 0.2) is 24.3 Å². The van der Waals surface area contributed by atoms with E-state index in [1.807, 2.05) is 45.0 Å². The summed E-state index contributed by atoms with van der Waals surface area (Å²) in [6.07, 6.45) is -0.511. The Bertz CT molecular complexity index is 342. The lowest BCUT2D eigenvalue weighted by Gasteiger charge is -2.15. The Balaban J connectivity index is 2.35. The monoisotopic (exact) mass is 253 g/mol. The molecule has 1 rings (SSSR count).